The largest absolute Gasteiger partial charge is 0.309 e. The molecule has 9 rings (SSSR count). The van der Waals surface area contributed by atoms with Crippen LogP contribution in [0.4, 0.5) is 0 Å². The lowest BCUT2D eigenvalue weighted by molar-refractivity contribution is 0.590. The van der Waals surface area contributed by atoms with Gasteiger partial charge in [0.15, 0.2) is 0 Å². The van der Waals surface area contributed by atoms with Gasteiger partial charge in [-0.2, -0.15) is 0 Å². The molecular formula is C56H56N2. The Morgan fingerprint density at radius 3 is 1.16 bits per heavy atom. The second kappa shape index (κ2) is 13.3. The Morgan fingerprint density at radius 2 is 0.672 bits per heavy atom. The Balaban J connectivity index is 1.30. The van der Waals surface area contributed by atoms with E-state index in [1.807, 2.05) is 0 Å². The summed E-state index contributed by atoms with van der Waals surface area (Å²) in [5, 5.41) is 5.11. The Kier molecular flexibility index (Phi) is 8.68. The van der Waals surface area contributed by atoms with Gasteiger partial charge in [-0.25, -0.2) is 0 Å². The van der Waals surface area contributed by atoms with E-state index in [0.29, 0.717) is 0 Å². The molecule has 0 bridgehead atoms. The minimum absolute atomic E-state index is 0.0504. The zero-order chi connectivity index (χ0) is 40.8. The molecule has 2 nitrogen and oxygen atoms in total. The molecule has 0 fully saturated rings. The molecule has 290 valence electrons. The Labute approximate surface area is 344 Å². The second-order valence-corrected chi connectivity index (χ2v) is 19.6. The summed E-state index contributed by atoms with van der Waals surface area (Å²) in [5.74, 6) is 0. The number of benzene rings is 7. The van der Waals surface area contributed by atoms with Crippen molar-refractivity contribution in [2.75, 3.05) is 0 Å². The molecule has 0 aliphatic carbocycles. The fraction of sp³-hybridized carbons (Fsp3) is 0.250. The van der Waals surface area contributed by atoms with Gasteiger partial charge in [0.05, 0.1) is 22.1 Å². The van der Waals surface area contributed by atoms with Gasteiger partial charge in [-0.15, -0.1) is 0 Å². The lowest BCUT2D eigenvalue weighted by atomic mass is 9.73. The number of hydrogen-bond donors (Lipinski definition) is 0. The number of hydrogen-bond acceptors (Lipinski definition) is 0. The average Bonchev–Trinajstić information content (AvgIpc) is 3.72. The zero-order valence-corrected chi connectivity index (χ0v) is 35.9. The number of nitrogens with zero attached hydrogens (tertiary/aromatic N) is 2. The van der Waals surface area contributed by atoms with Gasteiger partial charge in [0.1, 0.15) is 0 Å². The van der Waals surface area contributed by atoms with E-state index >= 15 is 0 Å². The van der Waals surface area contributed by atoms with Crippen LogP contribution >= 0.6 is 0 Å². The van der Waals surface area contributed by atoms with Crippen molar-refractivity contribution >= 4 is 43.6 Å². The molecule has 0 atom stereocenters. The molecule has 0 unspecified atom stereocenters. The third kappa shape index (κ3) is 6.16. The highest BCUT2D eigenvalue weighted by Crippen LogP contribution is 2.43. The van der Waals surface area contributed by atoms with Crippen molar-refractivity contribution in [2.45, 2.75) is 90.9 Å². The molecule has 0 N–H and O–H groups in total. The summed E-state index contributed by atoms with van der Waals surface area (Å²) in [6, 6.07) is 59.5. The minimum atomic E-state index is -0.221. The van der Waals surface area contributed by atoms with Crippen molar-refractivity contribution in [3.63, 3.8) is 0 Å². The van der Waals surface area contributed by atoms with Crippen molar-refractivity contribution in [2.24, 2.45) is 0 Å². The van der Waals surface area contributed by atoms with Gasteiger partial charge >= 0.3 is 0 Å². The number of fused-ring (bicyclic) bond motifs is 6. The predicted molar refractivity (Wildman–Crippen MR) is 250 cm³/mol. The maximum atomic E-state index is 2.50. The molecule has 58 heavy (non-hydrogen) atoms. The third-order valence-electron chi connectivity index (χ3n) is 13.0. The maximum Gasteiger partial charge on any atom is 0.0542 e. The lowest BCUT2D eigenvalue weighted by Gasteiger charge is -2.32. The molecule has 0 aliphatic heterocycles. The lowest BCUT2D eigenvalue weighted by Crippen LogP contribution is -2.23. The molecule has 2 heterocycles. The van der Waals surface area contributed by atoms with Crippen LogP contribution in [-0.2, 0) is 21.7 Å². The Bertz CT molecular complexity index is 2850. The number of para-hydroxylation sites is 1. The summed E-state index contributed by atoms with van der Waals surface area (Å²) in [4.78, 5) is 0. The molecule has 9 aromatic rings. The maximum absolute atomic E-state index is 2.50. The van der Waals surface area contributed by atoms with Crippen LogP contribution in [0, 0.1) is 0 Å². The molecule has 0 spiro atoms. The van der Waals surface area contributed by atoms with Crippen molar-refractivity contribution in [1.82, 2.24) is 9.13 Å². The third-order valence-corrected chi connectivity index (χ3v) is 13.0. The molecule has 0 aliphatic rings. The normalized spacial score (nSPS) is 13.0. The fourth-order valence-electron chi connectivity index (χ4n) is 9.12. The van der Waals surface area contributed by atoms with Crippen LogP contribution < -0.4 is 0 Å². The Hall–Kier alpha value is -5.86. The van der Waals surface area contributed by atoms with E-state index in [1.54, 1.807) is 0 Å². The summed E-state index contributed by atoms with van der Waals surface area (Å²) < 4.78 is 4.99. The van der Waals surface area contributed by atoms with E-state index in [0.717, 1.165) is 0 Å². The summed E-state index contributed by atoms with van der Waals surface area (Å²) in [6.07, 6.45) is 0. The van der Waals surface area contributed by atoms with Crippen molar-refractivity contribution in [3.8, 4) is 11.4 Å². The first kappa shape index (κ1) is 37.7. The van der Waals surface area contributed by atoms with Gasteiger partial charge in [-0.3, -0.25) is 0 Å². The van der Waals surface area contributed by atoms with E-state index in [1.165, 1.54) is 88.4 Å². The quantitative estimate of drug-likeness (QED) is 0.160. The molecule has 0 amide bonds. The average molecular weight is 757 g/mol. The van der Waals surface area contributed by atoms with Crippen molar-refractivity contribution < 1.29 is 0 Å². The second-order valence-electron chi connectivity index (χ2n) is 19.6. The standard InChI is InChI=1S/C56H56N2/c1-53(2,3)39-25-28-50-46(34-39)47-35-40(54(4,5)6)26-29-51(47)57(50)43-27-30-52-48(36-43)45-23-17-18-24-49(45)58(52)44-32-41(55(7,8)37-19-13-11-14-20-37)31-42(33-44)56(9,10)38-21-15-12-16-22-38/h11-36H,1-10H3. The summed E-state index contributed by atoms with van der Waals surface area (Å²) in [6.45, 7) is 23.3. The van der Waals surface area contributed by atoms with Crippen LogP contribution in [0.1, 0.15) is 103 Å². The fourth-order valence-corrected chi connectivity index (χ4v) is 9.12. The van der Waals surface area contributed by atoms with E-state index in [4.69, 9.17) is 0 Å². The van der Waals surface area contributed by atoms with Gasteiger partial charge in [-0.1, -0.05) is 166 Å². The van der Waals surface area contributed by atoms with Crippen molar-refractivity contribution in [1.29, 1.82) is 0 Å². The van der Waals surface area contributed by atoms with Crippen LogP contribution in [0.3, 0.4) is 0 Å². The minimum Gasteiger partial charge on any atom is -0.309 e. The number of aromatic nitrogens is 2. The van der Waals surface area contributed by atoms with Crippen LogP contribution in [0.5, 0.6) is 0 Å². The first-order valence-corrected chi connectivity index (χ1v) is 20.9. The van der Waals surface area contributed by atoms with Crippen LogP contribution in [0.25, 0.3) is 55.0 Å². The summed E-state index contributed by atoms with van der Waals surface area (Å²) in [7, 11) is 0. The van der Waals surface area contributed by atoms with Gasteiger partial charge < -0.3 is 9.13 Å². The van der Waals surface area contributed by atoms with E-state index in [2.05, 4.69) is 236 Å². The smallest absolute Gasteiger partial charge is 0.0542 e. The Morgan fingerprint density at radius 1 is 0.276 bits per heavy atom. The molecule has 0 saturated heterocycles. The highest BCUT2D eigenvalue weighted by atomic mass is 15.0. The summed E-state index contributed by atoms with van der Waals surface area (Å²) in [5.41, 5.74) is 14.8. The van der Waals surface area contributed by atoms with Gasteiger partial charge in [0, 0.05) is 43.7 Å². The van der Waals surface area contributed by atoms with E-state index in [-0.39, 0.29) is 21.7 Å². The first-order valence-electron chi connectivity index (χ1n) is 20.9. The molecule has 0 radical (unpaired) electrons. The van der Waals surface area contributed by atoms with E-state index in [9.17, 15) is 0 Å². The summed E-state index contributed by atoms with van der Waals surface area (Å²) >= 11 is 0. The van der Waals surface area contributed by atoms with Gasteiger partial charge in [0.2, 0.25) is 0 Å². The molecule has 2 aromatic heterocycles. The predicted octanol–water partition coefficient (Wildman–Crippen LogP) is 15.1. The monoisotopic (exact) mass is 756 g/mol. The number of rotatable bonds is 6. The zero-order valence-electron chi connectivity index (χ0n) is 35.9. The van der Waals surface area contributed by atoms with E-state index < -0.39 is 0 Å². The molecular weight excluding hydrogens is 701 g/mol. The van der Waals surface area contributed by atoms with Crippen LogP contribution in [-0.4, -0.2) is 9.13 Å². The molecule has 2 heteroatoms. The van der Waals surface area contributed by atoms with Crippen LogP contribution in [0.15, 0.2) is 158 Å². The highest BCUT2D eigenvalue weighted by Gasteiger charge is 2.30. The topological polar surface area (TPSA) is 9.86 Å². The van der Waals surface area contributed by atoms with Crippen LogP contribution in [0.2, 0.25) is 0 Å². The SMILES string of the molecule is CC(C)(C)c1ccc2c(c1)c1cc(C(C)(C)C)ccc1n2-c1ccc2c(c1)c1ccccc1n2-c1cc(C(C)(C)c2ccccc2)cc(C(C)(C)c2ccccc2)c1. The van der Waals surface area contributed by atoms with Crippen molar-refractivity contribution in [3.05, 3.63) is 191 Å². The van der Waals surface area contributed by atoms with Gasteiger partial charge in [-0.05, 0) is 105 Å². The first-order chi connectivity index (χ1) is 27.5. The molecule has 0 saturated carbocycles. The molecule has 7 aromatic carbocycles. The van der Waals surface area contributed by atoms with Gasteiger partial charge in [0.25, 0.3) is 0 Å². The highest BCUT2D eigenvalue weighted by molar-refractivity contribution is 6.12.